The van der Waals surface area contributed by atoms with Crippen LogP contribution in [-0.2, 0) is 6.54 Å². The predicted molar refractivity (Wildman–Crippen MR) is 62.0 cm³/mol. The largest absolute Gasteiger partial charge is 0.476 e. The minimum Gasteiger partial charge on any atom is -0.476 e. The normalized spacial score (nSPS) is 10.6. The lowest BCUT2D eigenvalue weighted by atomic mass is 10.1. The average Bonchev–Trinajstić information content (AvgIpc) is 2.66. The Bertz CT molecular complexity index is 607. The van der Waals surface area contributed by atoms with Gasteiger partial charge >= 0.3 is 5.97 Å². The zero-order valence-electron chi connectivity index (χ0n) is 10.0. The van der Waals surface area contributed by atoms with E-state index in [9.17, 15) is 9.18 Å². The molecule has 0 saturated heterocycles. The topological polar surface area (TPSA) is 68.0 Å². The third-order valence-corrected chi connectivity index (χ3v) is 2.82. The number of carboxylic acids is 1. The quantitative estimate of drug-likeness (QED) is 0.900. The minimum absolute atomic E-state index is 0.0796. The van der Waals surface area contributed by atoms with Crippen molar-refractivity contribution in [3.05, 3.63) is 46.5 Å². The first-order valence-electron chi connectivity index (χ1n) is 5.37. The van der Waals surface area contributed by atoms with Crippen molar-refractivity contribution < 1.29 is 14.3 Å². The number of aromatic nitrogens is 3. The van der Waals surface area contributed by atoms with Gasteiger partial charge in [-0.05, 0) is 37.1 Å². The summed E-state index contributed by atoms with van der Waals surface area (Å²) in [4.78, 5) is 10.8. The van der Waals surface area contributed by atoms with Gasteiger partial charge in [0.1, 0.15) is 5.82 Å². The van der Waals surface area contributed by atoms with Crippen molar-refractivity contribution in [2.45, 2.75) is 20.4 Å². The molecular weight excluding hydrogens is 237 g/mol. The van der Waals surface area contributed by atoms with Gasteiger partial charge in [-0.2, -0.15) is 0 Å². The van der Waals surface area contributed by atoms with Crippen LogP contribution in [0, 0.1) is 19.7 Å². The van der Waals surface area contributed by atoms with E-state index in [4.69, 9.17) is 5.11 Å². The highest BCUT2D eigenvalue weighted by Crippen LogP contribution is 2.13. The summed E-state index contributed by atoms with van der Waals surface area (Å²) in [6.45, 7) is 3.78. The number of carbonyl (C=O) groups is 1. The molecule has 2 rings (SSSR count). The van der Waals surface area contributed by atoms with Crippen molar-refractivity contribution in [1.82, 2.24) is 15.0 Å². The SMILES string of the molecule is Cc1ccc(F)cc1Cn1nnc(C(=O)O)c1C. The summed E-state index contributed by atoms with van der Waals surface area (Å²) in [6.07, 6.45) is 0. The molecule has 0 atom stereocenters. The van der Waals surface area contributed by atoms with Crippen LogP contribution in [-0.4, -0.2) is 26.1 Å². The number of carboxylic acid groups (broad SMARTS) is 1. The highest BCUT2D eigenvalue weighted by Gasteiger charge is 2.15. The molecule has 6 heteroatoms. The van der Waals surface area contributed by atoms with Crippen LogP contribution >= 0.6 is 0 Å². The van der Waals surface area contributed by atoms with Crippen LogP contribution in [0.15, 0.2) is 18.2 Å². The molecule has 18 heavy (non-hydrogen) atoms. The maximum atomic E-state index is 13.1. The van der Waals surface area contributed by atoms with Gasteiger partial charge < -0.3 is 5.11 Å². The van der Waals surface area contributed by atoms with Crippen LogP contribution < -0.4 is 0 Å². The monoisotopic (exact) mass is 249 g/mol. The molecule has 0 aliphatic rings. The average molecular weight is 249 g/mol. The van der Waals surface area contributed by atoms with E-state index in [1.165, 1.54) is 16.8 Å². The van der Waals surface area contributed by atoms with E-state index in [-0.39, 0.29) is 11.5 Å². The second kappa shape index (κ2) is 4.56. The highest BCUT2D eigenvalue weighted by molar-refractivity contribution is 5.86. The van der Waals surface area contributed by atoms with Gasteiger partial charge in [0.2, 0.25) is 0 Å². The molecule has 1 aromatic heterocycles. The van der Waals surface area contributed by atoms with E-state index < -0.39 is 5.97 Å². The number of hydrogen-bond acceptors (Lipinski definition) is 3. The zero-order chi connectivity index (χ0) is 13.3. The van der Waals surface area contributed by atoms with Crippen LogP contribution in [0.2, 0.25) is 0 Å². The Balaban J connectivity index is 2.34. The van der Waals surface area contributed by atoms with Gasteiger partial charge in [0.05, 0.1) is 12.2 Å². The lowest BCUT2D eigenvalue weighted by molar-refractivity contribution is 0.0689. The van der Waals surface area contributed by atoms with Gasteiger partial charge in [0.15, 0.2) is 5.69 Å². The van der Waals surface area contributed by atoms with Gasteiger partial charge in [-0.15, -0.1) is 5.10 Å². The van der Waals surface area contributed by atoms with Crippen molar-refractivity contribution >= 4 is 5.97 Å². The number of aryl methyl sites for hydroxylation is 1. The molecule has 94 valence electrons. The van der Waals surface area contributed by atoms with Crippen molar-refractivity contribution in [2.24, 2.45) is 0 Å². The first kappa shape index (κ1) is 12.2. The molecule has 0 fully saturated rings. The second-order valence-corrected chi connectivity index (χ2v) is 4.06. The summed E-state index contributed by atoms with van der Waals surface area (Å²) in [5.74, 6) is -1.44. The van der Waals surface area contributed by atoms with Crippen molar-refractivity contribution in [2.75, 3.05) is 0 Å². The highest BCUT2D eigenvalue weighted by atomic mass is 19.1. The van der Waals surface area contributed by atoms with Gasteiger partial charge in [-0.1, -0.05) is 11.3 Å². The molecule has 5 nitrogen and oxygen atoms in total. The maximum absolute atomic E-state index is 13.1. The fourth-order valence-electron chi connectivity index (χ4n) is 1.68. The molecule has 2 aromatic rings. The van der Waals surface area contributed by atoms with Crippen molar-refractivity contribution in [1.29, 1.82) is 0 Å². The van der Waals surface area contributed by atoms with Crippen molar-refractivity contribution in [3.8, 4) is 0 Å². The third-order valence-electron chi connectivity index (χ3n) is 2.82. The molecule has 0 aliphatic carbocycles. The van der Waals surface area contributed by atoms with E-state index >= 15 is 0 Å². The summed E-state index contributed by atoms with van der Waals surface area (Å²) in [5.41, 5.74) is 2.04. The summed E-state index contributed by atoms with van der Waals surface area (Å²) >= 11 is 0. The number of hydrogen-bond donors (Lipinski definition) is 1. The molecule has 0 radical (unpaired) electrons. The molecule has 0 amide bonds. The van der Waals surface area contributed by atoms with E-state index in [0.29, 0.717) is 12.2 Å². The zero-order valence-corrected chi connectivity index (χ0v) is 10.0. The molecule has 0 saturated carbocycles. The standard InChI is InChI=1S/C12H12FN3O2/c1-7-3-4-10(13)5-9(7)6-16-8(2)11(12(17)18)14-15-16/h3-5H,6H2,1-2H3,(H,17,18). The second-order valence-electron chi connectivity index (χ2n) is 4.06. The molecule has 0 bridgehead atoms. The maximum Gasteiger partial charge on any atom is 0.358 e. The van der Waals surface area contributed by atoms with Gasteiger partial charge in [0, 0.05) is 0 Å². The molecule has 0 aliphatic heterocycles. The van der Waals surface area contributed by atoms with Gasteiger partial charge in [0.25, 0.3) is 0 Å². The smallest absolute Gasteiger partial charge is 0.358 e. The Morgan fingerprint density at radius 2 is 2.17 bits per heavy atom. The van der Waals surface area contributed by atoms with Crippen molar-refractivity contribution in [3.63, 3.8) is 0 Å². The number of halogens is 1. The number of nitrogens with zero attached hydrogens (tertiary/aromatic N) is 3. The fourth-order valence-corrected chi connectivity index (χ4v) is 1.68. The van der Waals surface area contributed by atoms with Crippen LogP contribution in [0.5, 0.6) is 0 Å². The molecule has 0 spiro atoms. The van der Waals surface area contributed by atoms with E-state index in [0.717, 1.165) is 11.1 Å². The fraction of sp³-hybridized carbons (Fsp3) is 0.250. The van der Waals surface area contributed by atoms with E-state index in [1.54, 1.807) is 13.0 Å². The predicted octanol–water partition coefficient (Wildman–Crippen LogP) is 1.78. The number of aromatic carboxylic acids is 1. The Morgan fingerprint density at radius 3 is 2.78 bits per heavy atom. The Kier molecular flexibility index (Phi) is 3.10. The molecular formula is C12H12FN3O2. The van der Waals surface area contributed by atoms with Gasteiger partial charge in [-0.3, -0.25) is 0 Å². The third kappa shape index (κ3) is 2.22. The van der Waals surface area contributed by atoms with Gasteiger partial charge in [-0.25, -0.2) is 13.9 Å². The molecule has 0 unspecified atom stereocenters. The van der Waals surface area contributed by atoms with Crippen LogP contribution in [0.4, 0.5) is 4.39 Å². The summed E-state index contributed by atoms with van der Waals surface area (Å²) in [5, 5.41) is 16.2. The Labute approximate surface area is 103 Å². The lowest BCUT2D eigenvalue weighted by Gasteiger charge is -2.07. The molecule has 1 N–H and O–H groups in total. The summed E-state index contributed by atoms with van der Waals surface area (Å²) in [6, 6.07) is 4.47. The molecule has 1 aromatic carbocycles. The Hall–Kier alpha value is -2.24. The first-order valence-corrected chi connectivity index (χ1v) is 5.37. The summed E-state index contributed by atoms with van der Waals surface area (Å²) in [7, 11) is 0. The summed E-state index contributed by atoms with van der Waals surface area (Å²) < 4.78 is 14.6. The van der Waals surface area contributed by atoms with Crippen LogP contribution in [0.1, 0.15) is 27.3 Å². The number of rotatable bonds is 3. The lowest BCUT2D eigenvalue weighted by Crippen LogP contribution is -2.07. The first-order chi connectivity index (χ1) is 8.49. The van der Waals surface area contributed by atoms with Crippen LogP contribution in [0.25, 0.3) is 0 Å². The Morgan fingerprint density at radius 1 is 1.44 bits per heavy atom. The minimum atomic E-state index is -1.12. The molecule has 1 heterocycles. The van der Waals surface area contributed by atoms with E-state index in [2.05, 4.69) is 10.3 Å². The number of benzene rings is 1. The van der Waals surface area contributed by atoms with E-state index in [1.807, 2.05) is 6.92 Å². The van der Waals surface area contributed by atoms with Crippen LogP contribution in [0.3, 0.4) is 0 Å².